The molecule has 0 bridgehead atoms. The molecule has 0 saturated carbocycles. The van der Waals surface area contributed by atoms with Crippen LogP contribution in [0.3, 0.4) is 0 Å². The molecule has 0 fully saturated rings. The minimum absolute atomic E-state index is 0. The molecule has 0 unspecified atom stereocenters. The molecule has 0 aliphatic carbocycles. The van der Waals surface area contributed by atoms with Gasteiger partial charge in [-0.25, -0.2) is 0 Å². The summed E-state index contributed by atoms with van der Waals surface area (Å²) in [6.07, 6.45) is 4.85. The van der Waals surface area contributed by atoms with Crippen molar-refractivity contribution in [2.24, 2.45) is 10.2 Å². The zero-order valence-electron chi connectivity index (χ0n) is 19.7. The van der Waals surface area contributed by atoms with E-state index in [0.29, 0.717) is 22.3 Å². The first kappa shape index (κ1) is 33.8. The molecule has 10 heteroatoms. The van der Waals surface area contributed by atoms with E-state index in [2.05, 4.69) is 10.2 Å². The second-order valence-corrected chi connectivity index (χ2v) is 6.93. The number of hydrogen-bond donors (Lipinski definition) is 2. The van der Waals surface area contributed by atoms with Gasteiger partial charge in [0.15, 0.2) is 0 Å². The van der Waals surface area contributed by atoms with Crippen LogP contribution in [0.4, 0.5) is 0 Å². The van der Waals surface area contributed by atoms with Crippen LogP contribution < -0.4 is 20.4 Å². The SMILES string of the molecule is N=Cc1ccccc1[O-].N=Cc1ccccc1[O-].[Cu+2].[Cu+2].[O-]c1ccccc1/C=N\N=C/c1ccccc1[O-]. The van der Waals surface area contributed by atoms with E-state index < -0.39 is 0 Å². The molecule has 0 saturated heterocycles. The molecule has 4 aromatic carbocycles. The van der Waals surface area contributed by atoms with Gasteiger partial charge in [0.2, 0.25) is 0 Å². The predicted molar refractivity (Wildman–Crippen MR) is 135 cm³/mol. The molecule has 38 heavy (non-hydrogen) atoms. The Morgan fingerprint density at radius 2 is 0.658 bits per heavy atom. The quantitative estimate of drug-likeness (QED) is 0.203. The maximum atomic E-state index is 11.3. The summed E-state index contributed by atoms with van der Waals surface area (Å²) in [5, 5.41) is 65.1. The summed E-state index contributed by atoms with van der Waals surface area (Å²) in [5.41, 5.74) is 1.81. The first-order chi connectivity index (χ1) is 17.5. The number of hydrogen-bond acceptors (Lipinski definition) is 8. The smallest absolute Gasteiger partial charge is 0.872 e. The van der Waals surface area contributed by atoms with Crippen molar-refractivity contribution in [1.29, 1.82) is 10.8 Å². The molecule has 4 aromatic rings. The Labute approximate surface area is 242 Å². The fourth-order valence-corrected chi connectivity index (χ4v) is 2.56. The van der Waals surface area contributed by atoms with Gasteiger partial charge in [-0.05, 0) is 22.3 Å². The minimum atomic E-state index is -0.110. The first-order valence-electron chi connectivity index (χ1n) is 10.6. The summed E-state index contributed by atoms with van der Waals surface area (Å²) in [5.74, 6) is -0.402. The maximum Gasteiger partial charge on any atom is 2.00 e. The maximum absolute atomic E-state index is 11.3. The van der Waals surface area contributed by atoms with E-state index in [0.717, 1.165) is 12.4 Å². The average Bonchev–Trinajstić information content (AvgIpc) is 2.90. The molecule has 0 heterocycles. The topological polar surface area (TPSA) is 165 Å². The number of nitrogens with one attached hydrogen (secondary N) is 2. The van der Waals surface area contributed by atoms with Crippen LogP contribution in [0, 0.1) is 10.8 Å². The Kier molecular flexibility index (Phi) is 16.9. The van der Waals surface area contributed by atoms with E-state index in [1.165, 1.54) is 36.7 Å². The predicted octanol–water partition coefficient (Wildman–Crippen LogP) is 2.80. The van der Waals surface area contributed by atoms with Crippen LogP contribution in [0.1, 0.15) is 22.3 Å². The number of para-hydroxylation sites is 4. The molecule has 0 aromatic heterocycles. The van der Waals surface area contributed by atoms with E-state index in [-0.39, 0.29) is 57.1 Å². The molecule has 4 rings (SSSR count). The van der Waals surface area contributed by atoms with Gasteiger partial charge >= 0.3 is 34.1 Å². The summed E-state index contributed by atoms with van der Waals surface area (Å²) >= 11 is 0. The van der Waals surface area contributed by atoms with E-state index in [1.54, 1.807) is 72.8 Å². The van der Waals surface area contributed by atoms with Crippen LogP contribution in [0.25, 0.3) is 0 Å². The van der Waals surface area contributed by atoms with Crippen molar-refractivity contribution in [1.82, 2.24) is 0 Å². The van der Waals surface area contributed by atoms with Gasteiger partial charge in [0, 0.05) is 12.4 Å². The summed E-state index contributed by atoms with van der Waals surface area (Å²) in [6, 6.07) is 26.0. The molecular formula is C28H22Cu2N4O4. The van der Waals surface area contributed by atoms with Crippen LogP contribution in [0.5, 0.6) is 23.0 Å². The third-order valence-electron chi connectivity index (χ3n) is 4.45. The third kappa shape index (κ3) is 11.7. The zero-order valence-corrected chi connectivity index (χ0v) is 21.6. The molecule has 200 valence electrons. The Morgan fingerprint density at radius 1 is 0.421 bits per heavy atom. The van der Waals surface area contributed by atoms with Crippen LogP contribution in [0.2, 0.25) is 0 Å². The molecule has 0 amide bonds. The van der Waals surface area contributed by atoms with Crippen molar-refractivity contribution in [2.75, 3.05) is 0 Å². The summed E-state index contributed by atoms with van der Waals surface area (Å²) < 4.78 is 0. The number of rotatable bonds is 5. The normalized spacial score (nSPS) is 9.58. The Morgan fingerprint density at radius 3 is 0.868 bits per heavy atom. The van der Waals surface area contributed by atoms with Gasteiger partial charge in [-0.1, -0.05) is 109 Å². The fourth-order valence-electron chi connectivity index (χ4n) is 2.56. The fraction of sp³-hybridized carbons (Fsp3) is 0. The zero-order chi connectivity index (χ0) is 26.2. The van der Waals surface area contributed by atoms with E-state index in [1.807, 2.05) is 0 Å². The monoisotopic (exact) mass is 604 g/mol. The minimum Gasteiger partial charge on any atom is -0.872 e. The summed E-state index contributed by atoms with van der Waals surface area (Å²) in [7, 11) is 0. The van der Waals surface area contributed by atoms with Crippen LogP contribution in [-0.2, 0) is 34.1 Å². The number of nitrogens with zero attached hydrogens (tertiary/aromatic N) is 2. The summed E-state index contributed by atoms with van der Waals surface area (Å²) in [4.78, 5) is 0. The Hall–Kier alpha value is -4.20. The first-order valence-corrected chi connectivity index (χ1v) is 10.6. The molecule has 2 N–H and O–H groups in total. The van der Waals surface area contributed by atoms with Crippen LogP contribution in [0.15, 0.2) is 107 Å². The van der Waals surface area contributed by atoms with Crippen molar-refractivity contribution in [3.8, 4) is 23.0 Å². The van der Waals surface area contributed by atoms with Crippen molar-refractivity contribution in [3.05, 3.63) is 119 Å². The van der Waals surface area contributed by atoms with E-state index in [9.17, 15) is 20.4 Å². The molecule has 0 aliphatic heterocycles. The molecule has 0 atom stereocenters. The van der Waals surface area contributed by atoms with Crippen molar-refractivity contribution < 1.29 is 54.6 Å². The second kappa shape index (κ2) is 19.0. The van der Waals surface area contributed by atoms with Crippen LogP contribution >= 0.6 is 0 Å². The molecular weight excluding hydrogens is 583 g/mol. The largest absolute Gasteiger partial charge is 2.00 e. The van der Waals surface area contributed by atoms with Crippen LogP contribution in [-0.4, -0.2) is 24.9 Å². The van der Waals surface area contributed by atoms with E-state index in [4.69, 9.17) is 10.8 Å². The Bertz CT molecular complexity index is 1240. The van der Waals surface area contributed by atoms with Gasteiger partial charge in [-0.2, -0.15) is 10.2 Å². The molecule has 2 radical (unpaired) electrons. The molecule has 0 spiro atoms. The van der Waals surface area contributed by atoms with Gasteiger partial charge in [-0.3, -0.25) is 0 Å². The number of benzene rings is 4. The van der Waals surface area contributed by atoms with Gasteiger partial charge < -0.3 is 31.2 Å². The van der Waals surface area contributed by atoms with Gasteiger partial charge in [0.05, 0.1) is 12.4 Å². The summed E-state index contributed by atoms with van der Waals surface area (Å²) in [6.45, 7) is 0. The van der Waals surface area contributed by atoms with Crippen molar-refractivity contribution in [3.63, 3.8) is 0 Å². The second-order valence-electron chi connectivity index (χ2n) is 6.93. The average molecular weight is 606 g/mol. The Balaban J connectivity index is 0.000000581. The van der Waals surface area contributed by atoms with E-state index >= 15 is 0 Å². The van der Waals surface area contributed by atoms with Gasteiger partial charge in [-0.15, -0.1) is 11.5 Å². The van der Waals surface area contributed by atoms with Gasteiger partial charge in [0.1, 0.15) is 0 Å². The standard InChI is InChI=1S/C14H12N2O2.2C7H7NO.2Cu/c17-13-7-3-1-5-11(13)9-15-16-10-12-6-2-4-8-14(12)18;2*8-5-6-3-1-2-4-7(6)9;;/h1-10,17-18H;2*1-5,8-9H;;/q;;;2*+2/p-4/b15-9-,16-10-;;;;. The van der Waals surface area contributed by atoms with Gasteiger partial charge in [0.25, 0.3) is 0 Å². The third-order valence-corrected chi connectivity index (χ3v) is 4.45. The van der Waals surface area contributed by atoms with Crippen molar-refractivity contribution >= 4 is 24.9 Å². The molecule has 8 nitrogen and oxygen atoms in total. The molecule has 0 aliphatic rings. The van der Waals surface area contributed by atoms with Crippen molar-refractivity contribution in [2.45, 2.75) is 0 Å².